The van der Waals surface area contributed by atoms with Crippen LogP contribution in [0.15, 0.2) is 22.7 Å². The van der Waals surface area contributed by atoms with Gasteiger partial charge in [-0.2, -0.15) is 0 Å². The van der Waals surface area contributed by atoms with Crippen molar-refractivity contribution < 1.29 is 14.3 Å². The molecule has 0 aromatic heterocycles. The van der Waals surface area contributed by atoms with Gasteiger partial charge in [-0.3, -0.25) is 4.79 Å². The smallest absolute Gasteiger partial charge is 0.320 e. The fourth-order valence-corrected chi connectivity index (χ4v) is 1.44. The lowest BCUT2D eigenvalue weighted by Gasteiger charge is -2.09. The van der Waals surface area contributed by atoms with E-state index in [2.05, 4.69) is 21.2 Å². The zero-order chi connectivity index (χ0) is 11.4. The third kappa shape index (κ3) is 3.60. The SMILES string of the molecule is CC(NCc1cc(Br)ccc1F)C(=O)O. The van der Waals surface area contributed by atoms with E-state index in [0.29, 0.717) is 5.56 Å². The number of carboxylic acids is 1. The average Bonchev–Trinajstić information content (AvgIpc) is 2.18. The molecule has 0 aliphatic carbocycles. The Hall–Kier alpha value is -0.940. The molecular weight excluding hydrogens is 265 g/mol. The van der Waals surface area contributed by atoms with E-state index in [1.165, 1.54) is 13.0 Å². The van der Waals surface area contributed by atoms with E-state index in [1.807, 2.05) is 0 Å². The molecule has 1 unspecified atom stereocenters. The number of carboxylic acid groups (broad SMARTS) is 1. The molecule has 15 heavy (non-hydrogen) atoms. The third-order valence-electron chi connectivity index (χ3n) is 1.98. The summed E-state index contributed by atoms with van der Waals surface area (Å²) in [5.74, 6) is -1.30. The number of nitrogens with one attached hydrogen (secondary N) is 1. The molecule has 0 fully saturated rings. The molecule has 1 aromatic rings. The van der Waals surface area contributed by atoms with Crippen molar-refractivity contribution >= 4 is 21.9 Å². The summed E-state index contributed by atoms with van der Waals surface area (Å²) in [6.45, 7) is 1.71. The Morgan fingerprint density at radius 1 is 1.67 bits per heavy atom. The van der Waals surface area contributed by atoms with Gasteiger partial charge in [-0.1, -0.05) is 15.9 Å². The van der Waals surface area contributed by atoms with Gasteiger partial charge in [0.15, 0.2) is 0 Å². The first-order valence-corrected chi connectivity index (χ1v) is 5.20. The fourth-order valence-electron chi connectivity index (χ4n) is 1.03. The standard InChI is InChI=1S/C10H11BrFNO2/c1-6(10(14)15)13-5-7-4-8(11)2-3-9(7)12/h2-4,6,13H,5H2,1H3,(H,14,15). The molecule has 1 rings (SSSR count). The first kappa shape index (κ1) is 12.1. The van der Waals surface area contributed by atoms with Gasteiger partial charge < -0.3 is 10.4 Å². The normalized spacial score (nSPS) is 12.5. The maximum absolute atomic E-state index is 13.2. The monoisotopic (exact) mass is 275 g/mol. The maximum atomic E-state index is 13.2. The van der Waals surface area contributed by atoms with Gasteiger partial charge in [0.05, 0.1) is 0 Å². The van der Waals surface area contributed by atoms with Crippen LogP contribution in [0.1, 0.15) is 12.5 Å². The van der Waals surface area contributed by atoms with E-state index in [4.69, 9.17) is 5.11 Å². The third-order valence-corrected chi connectivity index (χ3v) is 2.47. The molecule has 0 spiro atoms. The van der Waals surface area contributed by atoms with Gasteiger partial charge in [0.25, 0.3) is 0 Å². The van der Waals surface area contributed by atoms with Crippen LogP contribution in [0.5, 0.6) is 0 Å². The molecule has 0 heterocycles. The molecule has 0 saturated heterocycles. The van der Waals surface area contributed by atoms with Crippen LogP contribution in [0.4, 0.5) is 4.39 Å². The first-order valence-electron chi connectivity index (χ1n) is 4.41. The largest absolute Gasteiger partial charge is 0.480 e. The molecule has 3 nitrogen and oxygen atoms in total. The molecule has 0 radical (unpaired) electrons. The Morgan fingerprint density at radius 3 is 2.93 bits per heavy atom. The molecule has 5 heteroatoms. The second-order valence-electron chi connectivity index (χ2n) is 3.18. The summed E-state index contributed by atoms with van der Waals surface area (Å²) < 4.78 is 14.0. The van der Waals surface area contributed by atoms with Crippen molar-refractivity contribution in [3.8, 4) is 0 Å². The van der Waals surface area contributed by atoms with Crippen LogP contribution in [0, 0.1) is 5.82 Å². The Morgan fingerprint density at radius 2 is 2.33 bits per heavy atom. The second kappa shape index (κ2) is 5.23. The van der Waals surface area contributed by atoms with E-state index in [1.54, 1.807) is 12.1 Å². The van der Waals surface area contributed by atoms with E-state index in [0.717, 1.165) is 4.47 Å². The minimum Gasteiger partial charge on any atom is -0.480 e. The van der Waals surface area contributed by atoms with Gasteiger partial charge in [-0.15, -0.1) is 0 Å². The minimum absolute atomic E-state index is 0.193. The Balaban J connectivity index is 2.65. The summed E-state index contributed by atoms with van der Waals surface area (Å²) in [6.07, 6.45) is 0. The van der Waals surface area contributed by atoms with Crippen molar-refractivity contribution in [1.29, 1.82) is 0 Å². The van der Waals surface area contributed by atoms with Crippen molar-refractivity contribution in [2.45, 2.75) is 19.5 Å². The molecular formula is C10H11BrFNO2. The van der Waals surface area contributed by atoms with Gasteiger partial charge in [0.2, 0.25) is 0 Å². The number of carbonyl (C=O) groups is 1. The lowest BCUT2D eigenvalue weighted by molar-refractivity contribution is -0.139. The Bertz CT molecular complexity index is 370. The Labute approximate surface area is 95.4 Å². The maximum Gasteiger partial charge on any atom is 0.320 e. The highest BCUT2D eigenvalue weighted by molar-refractivity contribution is 9.10. The van der Waals surface area contributed by atoms with Crippen LogP contribution in [0.3, 0.4) is 0 Å². The number of hydrogen-bond acceptors (Lipinski definition) is 2. The van der Waals surface area contributed by atoms with Gasteiger partial charge in [-0.05, 0) is 25.1 Å². The number of halogens is 2. The summed E-state index contributed by atoms with van der Waals surface area (Å²) in [5.41, 5.74) is 0.442. The Kier molecular flexibility index (Phi) is 4.23. The van der Waals surface area contributed by atoms with Crippen LogP contribution in [-0.4, -0.2) is 17.1 Å². The van der Waals surface area contributed by atoms with Gasteiger partial charge in [0.1, 0.15) is 11.9 Å². The van der Waals surface area contributed by atoms with Gasteiger partial charge in [-0.25, -0.2) is 4.39 Å². The van der Waals surface area contributed by atoms with Crippen LogP contribution >= 0.6 is 15.9 Å². The number of benzene rings is 1. The van der Waals surface area contributed by atoms with Crippen molar-refractivity contribution in [1.82, 2.24) is 5.32 Å². The van der Waals surface area contributed by atoms with Crippen molar-refractivity contribution in [3.63, 3.8) is 0 Å². The predicted molar refractivity (Wildman–Crippen MR) is 58.0 cm³/mol. The number of rotatable bonds is 4. The molecule has 0 aliphatic heterocycles. The van der Waals surface area contributed by atoms with E-state index in [9.17, 15) is 9.18 Å². The van der Waals surface area contributed by atoms with Crippen LogP contribution < -0.4 is 5.32 Å². The summed E-state index contributed by atoms with van der Waals surface area (Å²) in [7, 11) is 0. The topological polar surface area (TPSA) is 49.3 Å². The van der Waals surface area contributed by atoms with Crippen LogP contribution in [0.2, 0.25) is 0 Å². The van der Waals surface area contributed by atoms with Gasteiger partial charge in [0, 0.05) is 16.6 Å². The minimum atomic E-state index is -0.953. The van der Waals surface area contributed by atoms with Crippen LogP contribution in [-0.2, 0) is 11.3 Å². The van der Waals surface area contributed by atoms with Crippen LogP contribution in [0.25, 0.3) is 0 Å². The molecule has 0 bridgehead atoms. The lowest BCUT2D eigenvalue weighted by Crippen LogP contribution is -2.33. The fraction of sp³-hybridized carbons (Fsp3) is 0.300. The molecule has 1 atom stereocenters. The van der Waals surface area contributed by atoms with Crippen molar-refractivity contribution in [3.05, 3.63) is 34.1 Å². The quantitative estimate of drug-likeness (QED) is 0.885. The summed E-state index contributed by atoms with van der Waals surface area (Å²) >= 11 is 3.22. The first-order chi connectivity index (χ1) is 7.00. The van der Waals surface area contributed by atoms with E-state index >= 15 is 0 Å². The summed E-state index contributed by atoms with van der Waals surface area (Å²) in [6, 6.07) is 3.87. The van der Waals surface area contributed by atoms with Gasteiger partial charge >= 0.3 is 5.97 Å². The summed E-state index contributed by atoms with van der Waals surface area (Å²) in [4.78, 5) is 10.5. The molecule has 82 valence electrons. The van der Waals surface area contributed by atoms with Crippen molar-refractivity contribution in [2.24, 2.45) is 0 Å². The number of hydrogen-bond donors (Lipinski definition) is 2. The van der Waals surface area contributed by atoms with E-state index in [-0.39, 0.29) is 12.4 Å². The second-order valence-corrected chi connectivity index (χ2v) is 4.09. The molecule has 0 amide bonds. The highest BCUT2D eigenvalue weighted by Crippen LogP contribution is 2.15. The van der Waals surface area contributed by atoms with E-state index < -0.39 is 12.0 Å². The van der Waals surface area contributed by atoms with Crippen molar-refractivity contribution in [2.75, 3.05) is 0 Å². The zero-order valence-electron chi connectivity index (χ0n) is 8.13. The predicted octanol–water partition coefficient (Wildman–Crippen LogP) is 2.15. The number of aliphatic carboxylic acids is 1. The molecule has 0 saturated carbocycles. The molecule has 0 aliphatic rings. The zero-order valence-corrected chi connectivity index (χ0v) is 9.71. The highest BCUT2D eigenvalue weighted by Gasteiger charge is 2.10. The lowest BCUT2D eigenvalue weighted by atomic mass is 10.2. The molecule has 1 aromatic carbocycles. The summed E-state index contributed by atoms with van der Waals surface area (Å²) in [5, 5.41) is 11.3. The molecule has 2 N–H and O–H groups in total. The highest BCUT2D eigenvalue weighted by atomic mass is 79.9. The average molecular weight is 276 g/mol.